The second kappa shape index (κ2) is 6.85. The van der Waals surface area contributed by atoms with E-state index >= 15 is 0 Å². The second-order valence-electron chi connectivity index (χ2n) is 9.32. The van der Waals surface area contributed by atoms with Gasteiger partial charge in [-0.2, -0.15) is 0 Å². The molecule has 7 N–H and O–H groups in total. The zero-order valence-corrected chi connectivity index (χ0v) is 17.8. The summed E-state index contributed by atoms with van der Waals surface area (Å²) in [4.78, 5) is 39.8. The van der Waals surface area contributed by atoms with Crippen molar-refractivity contribution in [3.63, 3.8) is 0 Å². The molecule has 1 aromatic rings. The van der Waals surface area contributed by atoms with Gasteiger partial charge in [0.2, 0.25) is 0 Å². The lowest BCUT2D eigenvalue weighted by Gasteiger charge is -2.58. The molecular weight excluding hydrogens is 420 g/mol. The third kappa shape index (κ3) is 2.57. The summed E-state index contributed by atoms with van der Waals surface area (Å²) in [6, 6.07) is 3.08. The van der Waals surface area contributed by atoms with Gasteiger partial charge in [-0.3, -0.25) is 19.3 Å². The summed E-state index contributed by atoms with van der Waals surface area (Å²) in [6.07, 6.45) is -2.14. The Balaban J connectivity index is 1.98. The molecule has 7 atom stereocenters. The highest BCUT2D eigenvalue weighted by molar-refractivity contribution is 6.22. The number of carbonyl (C=O) groups is 3. The molecule has 1 fully saturated rings. The van der Waals surface area contributed by atoms with Gasteiger partial charge in [-0.1, -0.05) is 12.1 Å². The van der Waals surface area contributed by atoms with Gasteiger partial charge >= 0.3 is 0 Å². The molecule has 1 amide bonds. The van der Waals surface area contributed by atoms with Gasteiger partial charge in [0.05, 0.1) is 23.1 Å². The summed E-state index contributed by atoms with van der Waals surface area (Å²) < 4.78 is 0. The lowest BCUT2D eigenvalue weighted by Crippen LogP contribution is -2.71. The SMILES string of the molecule is CN(C)[C@@H]1C(=O)C(C(N)=O)=C(O)[C@@]2(O)[C@H](O)[C@@H]3C(=O)c4c(O)cccc4[C@@](C)(O)[C@H]3C[C@@H]12. The first-order valence-corrected chi connectivity index (χ1v) is 10.2. The van der Waals surface area contributed by atoms with E-state index in [4.69, 9.17) is 5.73 Å². The van der Waals surface area contributed by atoms with Crippen LogP contribution in [0.5, 0.6) is 5.75 Å². The molecule has 1 saturated carbocycles. The van der Waals surface area contributed by atoms with Crippen molar-refractivity contribution in [2.45, 2.75) is 36.7 Å². The van der Waals surface area contributed by atoms with Crippen LogP contribution in [0.4, 0.5) is 0 Å². The number of ketones is 2. The Morgan fingerprint density at radius 1 is 1.12 bits per heavy atom. The van der Waals surface area contributed by atoms with E-state index < -0.39 is 75.7 Å². The van der Waals surface area contributed by atoms with Crippen LogP contribution in [0.15, 0.2) is 29.5 Å². The summed E-state index contributed by atoms with van der Waals surface area (Å²) in [5.74, 6) is -7.84. The molecule has 0 saturated heterocycles. The summed E-state index contributed by atoms with van der Waals surface area (Å²) in [5.41, 5.74) is 0.178. The fourth-order valence-electron chi connectivity index (χ4n) is 5.97. The maximum Gasteiger partial charge on any atom is 0.255 e. The molecule has 0 aliphatic heterocycles. The highest BCUT2D eigenvalue weighted by atomic mass is 16.4. The predicted octanol–water partition coefficient (Wildman–Crippen LogP) is -1.05. The van der Waals surface area contributed by atoms with E-state index in [9.17, 15) is 39.9 Å². The number of rotatable bonds is 2. The van der Waals surface area contributed by atoms with E-state index in [0.717, 1.165) is 0 Å². The number of aliphatic hydroxyl groups is 4. The van der Waals surface area contributed by atoms with Crippen molar-refractivity contribution in [2.24, 2.45) is 23.5 Å². The number of benzene rings is 1. The van der Waals surface area contributed by atoms with Crippen LogP contribution in [-0.4, -0.2) is 79.7 Å². The standard InChI is InChI=1S/C22H26N2O8/c1-21(31)8-5-4-6-11(25)12(8)16(26)13-9(21)7-10-15(24(2)3)17(27)14(20(23)30)19(29)22(10,32)18(13)28/h4-6,9-10,13,15,18,25,28-29,31-32H,7H2,1-3H3,(H2,23,30)/t9-,10-,13-,15-,18+,21+,22-/m0/s1. The molecule has 32 heavy (non-hydrogen) atoms. The van der Waals surface area contributed by atoms with Gasteiger partial charge in [-0.25, -0.2) is 0 Å². The molecular formula is C22H26N2O8. The average Bonchev–Trinajstić information content (AvgIpc) is 2.68. The van der Waals surface area contributed by atoms with Crippen LogP contribution in [-0.2, 0) is 15.2 Å². The van der Waals surface area contributed by atoms with Gasteiger partial charge < -0.3 is 31.3 Å². The minimum Gasteiger partial charge on any atom is -0.508 e. The van der Waals surface area contributed by atoms with Crippen LogP contribution in [0.2, 0.25) is 0 Å². The van der Waals surface area contributed by atoms with E-state index in [1.54, 1.807) is 0 Å². The van der Waals surface area contributed by atoms with Crippen LogP contribution in [0.25, 0.3) is 0 Å². The van der Waals surface area contributed by atoms with Gasteiger partial charge in [0.1, 0.15) is 23.2 Å². The van der Waals surface area contributed by atoms with Gasteiger partial charge in [0.15, 0.2) is 17.2 Å². The fraction of sp³-hybridized carbons (Fsp3) is 0.500. The van der Waals surface area contributed by atoms with Crippen LogP contribution >= 0.6 is 0 Å². The molecule has 0 unspecified atom stereocenters. The number of aromatic hydroxyl groups is 1. The van der Waals surface area contributed by atoms with Gasteiger partial charge in [0.25, 0.3) is 5.91 Å². The maximum atomic E-state index is 13.4. The molecule has 3 aliphatic rings. The smallest absolute Gasteiger partial charge is 0.255 e. The summed E-state index contributed by atoms with van der Waals surface area (Å²) in [7, 11) is 3.06. The topological polar surface area (TPSA) is 182 Å². The summed E-state index contributed by atoms with van der Waals surface area (Å²) in [6.45, 7) is 1.44. The van der Waals surface area contributed by atoms with E-state index in [0.29, 0.717) is 0 Å². The van der Waals surface area contributed by atoms with Crippen molar-refractivity contribution in [3.05, 3.63) is 40.7 Å². The number of nitrogens with zero attached hydrogens (tertiary/aromatic N) is 1. The molecule has 0 bridgehead atoms. The minimum absolute atomic E-state index is 0.142. The molecule has 10 nitrogen and oxygen atoms in total. The van der Waals surface area contributed by atoms with Gasteiger partial charge in [0, 0.05) is 11.8 Å². The Kier molecular flexibility index (Phi) is 4.80. The van der Waals surface area contributed by atoms with Crippen LogP contribution < -0.4 is 5.73 Å². The third-order valence-electron chi connectivity index (χ3n) is 7.47. The van der Waals surface area contributed by atoms with E-state index in [-0.39, 0.29) is 17.5 Å². The highest BCUT2D eigenvalue weighted by Gasteiger charge is 2.68. The number of amides is 1. The first-order valence-electron chi connectivity index (χ1n) is 10.2. The lowest BCUT2D eigenvalue weighted by molar-refractivity contribution is -0.205. The van der Waals surface area contributed by atoms with E-state index in [1.165, 1.54) is 44.1 Å². The monoisotopic (exact) mass is 446 g/mol. The number of Topliss-reactive ketones (excluding diaryl/α,β-unsaturated/α-hetero) is 2. The van der Waals surface area contributed by atoms with Crippen LogP contribution in [0.1, 0.15) is 29.3 Å². The number of primary amides is 1. The number of hydrogen-bond acceptors (Lipinski definition) is 9. The maximum absolute atomic E-state index is 13.4. The number of phenols is 1. The molecule has 10 heteroatoms. The number of carbonyl (C=O) groups excluding carboxylic acids is 3. The van der Waals surface area contributed by atoms with Crippen molar-refractivity contribution in [3.8, 4) is 5.75 Å². The van der Waals surface area contributed by atoms with Crippen molar-refractivity contribution in [1.82, 2.24) is 4.90 Å². The first-order chi connectivity index (χ1) is 14.8. The second-order valence-corrected chi connectivity index (χ2v) is 9.32. The number of aliphatic hydroxyl groups excluding tert-OH is 2. The zero-order valence-electron chi connectivity index (χ0n) is 17.8. The molecule has 0 radical (unpaired) electrons. The summed E-state index contributed by atoms with van der Waals surface area (Å²) in [5, 5.41) is 55.4. The average molecular weight is 446 g/mol. The molecule has 0 aromatic heterocycles. The normalized spacial score (nSPS) is 38.9. The van der Waals surface area contributed by atoms with E-state index in [2.05, 4.69) is 0 Å². The van der Waals surface area contributed by atoms with Gasteiger partial charge in [-0.05, 0) is 39.1 Å². The Morgan fingerprint density at radius 3 is 2.31 bits per heavy atom. The Hall–Kier alpha value is -2.79. The summed E-state index contributed by atoms with van der Waals surface area (Å²) >= 11 is 0. The molecule has 0 spiro atoms. The molecule has 172 valence electrons. The largest absolute Gasteiger partial charge is 0.508 e. The lowest BCUT2D eigenvalue weighted by atomic mass is 9.50. The minimum atomic E-state index is -2.55. The Morgan fingerprint density at radius 2 is 1.75 bits per heavy atom. The van der Waals surface area contributed by atoms with Crippen molar-refractivity contribution in [2.75, 3.05) is 14.1 Å². The molecule has 1 aromatic carbocycles. The fourth-order valence-corrected chi connectivity index (χ4v) is 5.97. The van der Waals surface area contributed by atoms with Crippen molar-refractivity contribution >= 4 is 17.5 Å². The Labute approximate surface area is 183 Å². The number of likely N-dealkylation sites (N-methyl/N-ethyl adjacent to an activating group) is 1. The quantitative estimate of drug-likeness (QED) is 0.309. The van der Waals surface area contributed by atoms with Crippen molar-refractivity contribution < 1.29 is 39.9 Å². The van der Waals surface area contributed by atoms with Crippen molar-refractivity contribution in [1.29, 1.82) is 0 Å². The molecule has 0 heterocycles. The van der Waals surface area contributed by atoms with Crippen LogP contribution in [0, 0.1) is 17.8 Å². The molecule has 3 aliphatic carbocycles. The van der Waals surface area contributed by atoms with Gasteiger partial charge in [-0.15, -0.1) is 0 Å². The van der Waals surface area contributed by atoms with E-state index in [1.807, 2.05) is 0 Å². The number of fused-ring (bicyclic) bond motifs is 3. The Bertz CT molecular complexity index is 1080. The number of nitrogens with two attached hydrogens (primary N) is 1. The molecule has 4 rings (SSSR count). The third-order valence-corrected chi connectivity index (χ3v) is 7.47. The highest BCUT2D eigenvalue weighted by Crippen LogP contribution is 2.57. The zero-order chi connectivity index (χ0) is 23.9. The van der Waals surface area contributed by atoms with Crippen LogP contribution in [0.3, 0.4) is 0 Å². The predicted molar refractivity (Wildman–Crippen MR) is 109 cm³/mol. The number of phenolic OH excluding ortho intramolecular Hbond substituents is 1. The number of hydrogen-bond donors (Lipinski definition) is 6. The first kappa shape index (κ1) is 22.4.